The number of para-hydroxylation sites is 2. The number of nitrogens with one attached hydrogen (secondary N) is 1. The molecule has 1 N–H and O–H groups in total. The molecule has 0 amide bonds. The van der Waals surface area contributed by atoms with Crippen LogP contribution in [0.3, 0.4) is 0 Å². The van der Waals surface area contributed by atoms with Crippen molar-refractivity contribution in [3.8, 4) is 5.69 Å². The molecule has 5 nitrogen and oxygen atoms in total. The minimum Gasteiger partial charge on any atom is -0.422 e. The maximum Gasteiger partial charge on any atom is 0.342 e. The van der Waals surface area contributed by atoms with Crippen molar-refractivity contribution < 1.29 is 13.2 Å². The Balaban J connectivity index is 1.71. The second-order valence-electron chi connectivity index (χ2n) is 8.00. The minimum atomic E-state index is -0.979. The molecule has 0 saturated carbocycles. The number of aromatic nitrogens is 2. The number of halogens is 2. The lowest BCUT2D eigenvalue weighted by Crippen LogP contribution is -2.23. The smallest absolute Gasteiger partial charge is 0.342 e. The monoisotopic (exact) mass is 441 g/mol. The van der Waals surface area contributed by atoms with Crippen LogP contribution >= 0.6 is 0 Å². The van der Waals surface area contributed by atoms with E-state index in [0.29, 0.717) is 44.9 Å². The molecule has 0 unspecified atom stereocenters. The first kappa shape index (κ1) is 19.4. The highest BCUT2D eigenvalue weighted by Gasteiger charge is 2.37. The molecule has 1 aliphatic heterocycles. The Hall–Kier alpha value is -4.26. The van der Waals surface area contributed by atoms with Gasteiger partial charge in [0.1, 0.15) is 11.4 Å². The number of hydrogen-bond donors (Lipinski definition) is 1. The summed E-state index contributed by atoms with van der Waals surface area (Å²) in [6, 6.07) is 20.5. The molecule has 3 heterocycles. The van der Waals surface area contributed by atoms with Crippen LogP contribution in [0.1, 0.15) is 28.3 Å². The van der Waals surface area contributed by atoms with E-state index in [1.165, 1.54) is 6.07 Å². The van der Waals surface area contributed by atoms with E-state index in [2.05, 4.69) is 5.32 Å². The number of hydrogen-bond acceptors (Lipinski definition) is 4. The summed E-state index contributed by atoms with van der Waals surface area (Å²) in [6.45, 7) is 1.83. The molecule has 33 heavy (non-hydrogen) atoms. The molecule has 2 aromatic heterocycles. The van der Waals surface area contributed by atoms with Crippen LogP contribution in [0.4, 0.5) is 20.3 Å². The Morgan fingerprint density at radius 2 is 1.70 bits per heavy atom. The fourth-order valence-corrected chi connectivity index (χ4v) is 4.61. The van der Waals surface area contributed by atoms with Gasteiger partial charge in [-0.2, -0.15) is 5.10 Å². The first-order valence-corrected chi connectivity index (χ1v) is 10.5. The number of nitrogens with zero attached hydrogens (tertiary/aromatic N) is 2. The maximum atomic E-state index is 14.3. The Morgan fingerprint density at radius 1 is 0.939 bits per heavy atom. The van der Waals surface area contributed by atoms with Gasteiger partial charge in [-0.05, 0) is 48.9 Å². The van der Waals surface area contributed by atoms with E-state index in [1.54, 1.807) is 16.8 Å². The molecule has 1 aliphatic rings. The van der Waals surface area contributed by atoms with Crippen LogP contribution < -0.4 is 10.9 Å². The third-order valence-electron chi connectivity index (χ3n) is 6.05. The molecule has 3 aromatic carbocycles. The predicted molar refractivity (Wildman–Crippen MR) is 121 cm³/mol. The lowest BCUT2D eigenvalue weighted by Gasteiger charge is -2.28. The van der Waals surface area contributed by atoms with Crippen molar-refractivity contribution >= 4 is 22.5 Å². The predicted octanol–water partition coefficient (Wildman–Crippen LogP) is 5.80. The molecule has 162 valence electrons. The molecule has 7 heteroatoms. The van der Waals surface area contributed by atoms with Crippen LogP contribution in [0, 0.1) is 18.6 Å². The molecule has 0 spiro atoms. The van der Waals surface area contributed by atoms with Gasteiger partial charge < -0.3 is 9.73 Å². The summed E-state index contributed by atoms with van der Waals surface area (Å²) in [5.41, 5.74) is 3.44. The Kier molecular flexibility index (Phi) is 4.20. The van der Waals surface area contributed by atoms with Crippen LogP contribution in [-0.2, 0) is 0 Å². The highest BCUT2D eigenvalue weighted by molar-refractivity contribution is 5.96. The van der Waals surface area contributed by atoms with E-state index in [4.69, 9.17) is 9.52 Å². The van der Waals surface area contributed by atoms with Gasteiger partial charge in [0.05, 0.1) is 22.6 Å². The van der Waals surface area contributed by atoms with Gasteiger partial charge in [0.2, 0.25) is 0 Å². The largest absolute Gasteiger partial charge is 0.422 e. The maximum absolute atomic E-state index is 14.3. The van der Waals surface area contributed by atoms with Gasteiger partial charge in [-0.15, -0.1) is 0 Å². The molecule has 6 rings (SSSR count). The van der Waals surface area contributed by atoms with E-state index in [9.17, 15) is 13.6 Å². The third-order valence-corrected chi connectivity index (χ3v) is 6.05. The van der Waals surface area contributed by atoms with Crippen LogP contribution in [0.15, 0.2) is 82.0 Å². The zero-order chi connectivity index (χ0) is 22.7. The van der Waals surface area contributed by atoms with Gasteiger partial charge >= 0.3 is 5.63 Å². The Morgan fingerprint density at radius 3 is 2.48 bits per heavy atom. The van der Waals surface area contributed by atoms with E-state index in [-0.39, 0.29) is 0 Å². The van der Waals surface area contributed by atoms with Gasteiger partial charge in [-0.3, -0.25) is 0 Å². The number of aryl methyl sites for hydroxylation is 1. The first-order valence-electron chi connectivity index (χ1n) is 10.5. The summed E-state index contributed by atoms with van der Waals surface area (Å²) in [5, 5.41) is 8.85. The summed E-state index contributed by atoms with van der Waals surface area (Å²) in [7, 11) is 0. The first-order chi connectivity index (χ1) is 16.0. The Bertz CT molecular complexity index is 1610. The standard InChI is InChI=1S/C26H17F2N3O2/c1-14-21-22(15-11-12-18(27)19(28)13-15)23-24(17-9-5-6-10-20(17)33-26(23)32)29-25(21)31(30-14)16-7-3-2-4-8-16/h2-13,22,29H,1H3/t22-/m1/s1. The number of benzene rings is 3. The van der Waals surface area contributed by atoms with Gasteiger partial charge in [0.15, 0.2) is 11.6 Å². The number of fused-ring (bicyclic) bond motifs is 4. The van der Waals surface area contributed by atoms with Crippen LogP contribution in [0.25, 0.3) is 16.7 Å². The normalized spacial score (nSPS) is 14.6. The fourth-order valence-electron chi connectivity index (χ4n) is 4.61. The molecular weight excluding hydrogens is 424 g/mol. The average molecular weight is 441 g/mol. The molecular formula is C26H17F2N3O2. The van der Waals surface area contributed by atoms with Gasteiger partial charge in [0.25, 0.3) is 0 Å². The van der Waals surface area contributed by atoms with Crippen molar-refractivity contribution in [1.82, 2.24) is 9.78 Å². The van der Waals surface area contributed by atoms with Gasteiger partial charge in [0, 0.05) is 16.9 Å². The summed E-state index contributed by atoms with van der Waals surface area (Å²) >= 11 is 0. The number of rotatable bonds is 2. The van der Waals surface area contributed by atoms with Crippen LogP contribution in [0.2, 0.25) is 0 Å². The molecule has 0 radical (unpaired) electrons. The van der Waals surface area contributed by atoms with Crippen molar-refractivity contribution in [2.45, 2.75) is 12.8 Å². The Labute approximate surface area is 186 Å². The fraction of sp³-hybridized carbons (Fsp3) is 0.0769. The second-order valence-corrected chi connectivity index (χ2v) is 8.00. The van der Waals surface area contributed by atoms with Crippen molar-refractivity contribution in [3.05, 3.63) is 117 Å². The third kappa shape index (κ3) is 2.89. The summed E-state index contributed by atoms with van der Waals surface area (Å²) < 4.78 is 35.5. The molecule has 0 aliphatic carbocycles. The zero-order valence-electron chi connectivity index (χ0n) is 17.5. The molecule has 0 fully saturated rings. The van der Waals surface area contributed by atoms with Crippen molar-refractivity contribution in [3.63, 3.8) is 0 Å². The van der Waals surface area contributed by atoms with E-state index >= 15 is 0 Å². The number of anilines is 2. The van der Waals surface area contributed by atoms with Gasteiger partial charge in [-0.1, -0.05) is 36.4 Å². The van der Waals surface area contributed by atoms with Crippen molar-refractivity contribution in [1.29, 1.82) is 0 Å². The average Bonchev–Trinajstić information content (AvgIpc) is 3.16. The van der Waals surface area contributed by atoms with Crippen LogP contribution in [0.5, 0.6) is 0 Å². The van der Waals surface area contributed by atoms with Crippen molar-refractivity contribution in [2.24, 2.45) is 0 Å². The molecule has 0 bridgehead atoms. The topological polar surface area (TPSA) is 60.1 Å². The minimum absolute atomic E-state index is 0.336. The second kappa shape index (κ2) is 7.13. The van der Waals surface area contributed by atoms with Gasteiger partial charge in [-0.25, -0.2) is 18.3 Å². The summed E-state index contributed by atoms with van der Waals surface area (Å²) in [5.74, 6) is -1.95. The highest BCUT2D eigenvalue weighted by Crippen LogP contribution is 2.47. The lowest BCUT2D eigenvalue weighted by atomic mass is 9.82. The zero-order valence-corrected chi connectivity index (χ0v) is 17.5. The SMILES string of the molecule is Cc1nn(-c2ccccc2)c2c1[C@@H](c1ccc(F)c(F)c1)c1c(c3ccccc3oc1=O)N2. The lowest BCUT2D eigenvalue weighted by molar-refractivity contribution is 0.506. The van der Waals surface area contributed by atoms with Crippen molar-refractivity contribution in [2.75, 3.05) is 5.32 Å². The summed E-state index contributed by atoms with van der Waals surface area (Å²) in [4.78, 5) is 13.2. The van der Waals surface area contributed by atoms with E-state index in [1.807, 2.05) is 49.4 Å². The molecule has 0 saturated heterocycles. The summed E-state index contributed by atoms with van der Waals surface area (Å²) in [6.07, 6.45) is 0. The van der Waals surface area contributed by atoms with E-state index < -0.39 is 23.2 Å². The van der Waals surface area contributed by atoms with Crippen LogP contribution in [-0.4, -0.2) is 9.78 Å². The highest BCUT2D eigenvalue weighted by atomic mass is 19.2. The molecule has 5 aromatic rings. The molecule has 1 atom stereocenters. The quantitative estimate of drug-likeness (QED) is 0.345. The van der Waals surface area contributed by atoms with E-state index in [0.717, 1.165) is 17.8 Å².